The Morgan fingerprint density at radius 3 is 0.853 bits per heavy atom. The van der Waals surface area contributed by atoms with Gasteiger partial charge in [-0.2, -0.15) is 0 Å². The average Bonchev–Trinajstić information content (AvgIpc) is 3.44. The Balaban J connectivity index is 0. The van der Waals surface area contributed by atoms with Gasteiger partial charge in [0.25, 0.3) is 0 Å². The normalized spacial score (nSPS) is 21.6. The smallest absolute Gasteiger partial charge is 0.0312 e. The zero-order valence-electron chi connectivity index (χ0n) is 19.9. The predicted molar refractivity (Wildman–Crippen MR) is 127 cm³/mol. The maximum atomic E-state index is 9.75. The first-order valence-electron chi connectivity index (χ1n) is 12.2. The summed E-state index contributed by atoms with van der Waals surface area (Å²) in [5, 5.41) is 0. The van der Waals surface area contributed by atoms with E-state index in [-0.39, 0.29) is 17.1 Å². The molecular weight excluding hydrogens is 506 g/mol. The average molecular weight is 544 g/mol. The molecule has 0 aromatic rings. The summed E-state index contributed by atoms with van der Waals surface area (Å²) in [5.41, 5.74) is 3.57. The van der Waals surface area contributed by atoms with E-state index < -0.39 is 7.25 Å². The first kappa shape index (κ1) is 36.4. The SMILES string of the molecule is C1CCC(P(C2CCCCC2)C2CCCCC2)CC1.F[B-](F)(F)F.[C-]#[O+].[C-]#[O+].[CH]1[CH][CH][CH][CH]1.[Fe+2]. The third kappa shape index (κ3) is 18.5. The number of halogens is 4. The van der Waals surface area contributed by atoms with Gasteiger partial charge in [0.2, 0.25) is 0 Å². The van der Waals surface area contributed by atoms with E-state index in [1.54, 1.807) is 77.0 Å². The van der Waals surface area contributed by atoms with Crippen LogP contribution in [0.4, 0.5) is 17.3 Å². The quantitative estimate of drug-likeness (QED) is 0.112. The molecular formula is C25H38BF4FeO2P+. The van der Waals surface area contributed by atoms with Crippen molar-refractivity contribution in [1.29, 1.82) is 0 Å². The van der Waals surface area contributed by atoms with Gasteiger partial charge in [0.05, 0.1) is 0 Å². The number of rotatable bonds is 3. The molecule has 0 atom stereocenters. The first-order chi connectivity index (χ1) is 15.9. The van der Waals surface area contributed by atoms with Crippen LogP contribution in [-0.2, 0) is 26.4 Å². The largest absolute Gasteiger partial charge is 2.00 e. The Hall–Kier alpha value is 0.214. The fraction of sp³-hybridized carbons (Fsp3) is 0.720. The van der Waals surface area contributed by atoms with Crippen LogP contribution in [0.3, 0.4) is 0 Å². The molecule has 9 heteroatoms. The van der Waals surface area contributed by atoms with Gasteiger partial charge in [-0.1, -0.05) is 65.7 Å². The van der Waals surface area contributed by atoms with Crippen LogP contribution in [0.25, 0.3) is 0 Å². The molecule has 0 saturated heterocycles. The molecule has 0 spiro atoms. The van der Waals surface area contributed by atoms with Crippen LogP contribution in [0.5, 0.6) is 0 Å². The molecule has 2 nitrogen and oxygen atoms in total. The minimum atomic E-state index is -6.00. The summed E-state index contributed by atoms with van der Waals surface area (Å²) < 4.78 is 54.0. The van der Waals surface area contributed by atoms with Crippen LogP contribution < -0.4 is 0 Å². The summed E-state index contributed by atoms with van der Waals surface area (Å²) in [5.74, 6) is 0. The summed E-state index contributed by atoms with van der Waals surface area (Å²) in [6, 6.07) is 0. The summed E-state index contributed by atoms with van der Waals surface area (Å²) in [6.45, 7) is 9.00. The first-order valence-corrected chi connectivity index (χ1v) is 13.7. The Labute approximate surface area is 217 Å². The summed E-state index contributed by atoms with van der Waals surface area (Å²) in [6.07, 6.45) is 33.6. The van der Waals surface area contributed by atoms with E-state index in [2.05, 4.69) is 13.3 Å². The molecule has 4 aliphatic carbocycles. The molecule has 5 radical (unpaired) electrons. The van der Waals surface area contributed by atoms with Crippen molar-refractivity contribution in [3.05, 3.63) is 45.4 Å². The predicted octanol–water partition coefficient (Wildman–Crippen LogP) is 8.71. The second-order valence-electron chi connectivity index (χ2n) is 8.78. The van der Waals surface area contributed by atoms with Gasteiger partial charge in [0.1, 0.15) is 0 Å². The zero-order chi connectivity index (χ0) is 25.0. The van der Waals surface area contributed by atoms with Crippen molar-refractivity contribution in [2.45, 2.75) is 113 Å². The van der Waals surface area contributed by atoms with Gasteiger partial charge in [-0.15, -0.1) is 0 Å². The van der Waals surface area contributed by atoms with Crippen molar-refractivity contribution in [2.24, 2.45) is 0 Å². The van der Waals surface area contributed by atoms with Crippen molar-refractivity contribution < 1.29 is 43.6 Å². The van der Waals surface area contributed by atoms with E-state index in [4.69, 9.17) is 9.30 Å². The van der Waals surface area contributed by atoms with E-state index in [1.807, 2.05) is 32.1 Å². The van der Waals surface area contributed by atoms with Crippen molar-refractivity contribution in [1.82, 2.24) is 0 Å². The maximum absolute atomic E-state index is 9.75. The monoisotopic (exact) mass is 544 g/mol. The molecule has 4 saturated carbocycles. The molecule has 4 rings (SSSR count). The molecule has 193 valence electrons. The second kappa shape index (κ2) is 23.6. The minimum absolute atomic E-state index is 0. The zero-order valence-corrected chi connectivity index (χ0v) is 21.9. The van der Waals surface area contributed by atoms with Crippen LogP contribution in [0, 0.1) is 45.4 Å². The second-order valence-corrected chi connectivity index (χ2v) is 11.9. The molecule has 0 aromatic carbocycles. The van der Waals surface area contributed by atoms with E-state index in [1.165, 1.54) is 36.2 Å². The molecule has 0 aliphatic heterocycles. The summed E-state index contributed by atoms with van der Waals surface area (Å²) >= 11 is 0. The van der Waals surface area contributed by atoms with E-state index in [0.29, 0.717) is 7.92 Å². The summed E-state index contributed by atoms with van der Waals surface area (Å²) in [7, 11) is -5.62. The Kier molecular flexibility index (Phi) is 25.2. The van der Waals surface area contributed by atoms with Gasteiger partial charge in [-0.25, -0.2) is 0 Å². The van der Waals surface area contributed by atoms with Crippen LogP contribution >= 0.6 is 7.92 Å². The van der Waals surface area contributed by atoms with Gasteiger partial charge >= 0.3 is 46.9 Å². The minimum Gasteiger partial charge on any atom is -0.0312 e. The number of hydrogen-bond acceptors (Lipinski definition) is 0. The van der Waals surface area contributed by atoms with Gasteiger partial charge in [-0.3, -0.25) is 0 Å². The topological polar surface area (TPSA) is 39.8 Å². The molecule has 0 aromatic heterocycles. The van der Waals surface area contributed by atoms with E-state index >= 15 is 0 Å². The molecule has 4 fully saturated rings. The Bertz CT molecular complexity index is 424. The van der Waals surface area contributed by atoms with Crippen LogP contribution in [0.1, 0.15) is 96.3 Å². The standard InChI is InChI=1S/C18H33P.C5H5.2CO.BF4.Fe/c1-4-10-16(11-5-1)19(17-12-6-2-7-13-17)18-14-8-3-9-15-18;1-2-4-5-3-1;2*1-2;2-1(3,4)5;/h16-18H,1-15H2;1-5H;;;;/q;;;;-1;+2. The van der Waals surface area contributed by atoms with Gasteiger partial charge < -0.3 is 17.3 Å². The van der Waals surface area contributed by atoms with Crippen molar-refractivity contribution in [2.75, 3.05) is 0 Å². The van der Waals surface area contributed by atoms with E-state index in [0.717, 1.165) is 0 Å². The van der Waals surface area contributed by atoms with Crippen molar-refractivity contribution in [3.63, 3.8) is 0 Å². The molecule has 34 heavy (non-hydrogen) atoms. The molecule has 0 heterocycles. The third-order valence-electron chi connectivity index (χ3n) is 6.54. The summed E-state index contributed by atoms with van der Waals surface area (Å²) in [4.78, 5) is 0. The van der Waals surface area contributed by atoms with Crippen molar-refractivity contribution >= 4 is 15.2 Å². The molecule has 4 aliphatic rings. The molecule has 0 unspecified atom stereocenters. The van der Waals surface area contributed by atoms with Gasteiger partial charge in [-0.05, 0) is 87.6 Å². The Morgan fingerprint density at radius 2 is 0.676 bits per heavy atom. The van der Waals surface area contributed by atoms with Crippen LogP contribution in [0.15, 0.2) is 0 Å². The van der Waals surface area contributed by atoms with Crippen LogP contribution in [-0.4, -0.2) is 24.2 Å². The Morgan fingerprint density at radius 1 is 0.500 bits per heavy atom. The molecule has 0 amide bonds. The van der Waals surface area contributed by atoms with Crippen LogP contribution in [0.2, 0.25) is 0 Å². The fourth-order valence-electron chi connectivity index (χ4n) is 5.35. The number of hydrogen-bond donors (Lipinski definition) is 0. The molecule has 0 bridgehead atoms. The van der Waals surface area contributed by atoms with Gasteiger partial charge in [0, 0.05) is 0 Å². The third-order valence-corrected chi connectivity index (χ3v) is 10.6. The fourth-order valence-corrected chi connectivity index (χ4v) is 10.0. The maximum Gasteiger partial charge on any atom is 2.00 e. The van der Waals surface area contributed by atoms with Gasteiger partial charge in [0.15, 0.2) is 0 Å². The van der Waals surface area contributed by atoms with Crippen molar-refractivity contribution in [3.8, 4) is 0 Å². The van der Waals surface area contributed by atoms with E-state index in [9.17, 15) is 17.3 Å². The molecule has 0 N–H and O–H groups in total.